The molecule has 0 saturated carbocycles. The average Bonchev–Trinajstić information content (AvgIpc) is 2.61. The quantitative estimate of drug-likeness (QED) is 0.768. The molecule has 0 aliphatic carbocycles. The molecule has 0 saturated heterocycles. The van der Waals surface area contributed by atoms with Gasteiger partial charge in [0.1, 0.15) is 0 Å². The van der Waals surface area contributed by atoms with E-state index in [0.717, 1.165) is 0 Å². The highest BCUT2D eigenvalue weighted by atomic mass is 16.4. The van der Waals surface area contributed by atoms with Crippen molar-refractivity contribution in [2.24, 2.45) is 0 Å². The first-order valence-electron chi connectivity index (χ1n) is 5.34. The van der Waals surface area contributed by atoms with Crippen molar-refractivity contribution in [2.75, 3.05) is 6.54 Å². The Morgan fingerprint density at radius 1 is 1.47 bits per heavy atom. The molecule has 1 heterocycles. The van der Waals surface area contributed by atoms with Gasteiger partial charge in [0.25, 0.3) is 0 Å². The van der Waals surface area contributed by atoms with E-state index in [0.29, 0.717) is 18.8 Å². The fraction of sp³-hybridized carbons (Fsp3) is 0.600. The summed E-state index contributed by atoms with van der Waals surface area (Å²) in [5.41, 5.74) is 0.547. The van der Waals surface area contributed by atoms with Crippen LogP contribution in [0.15, 0.2) is 0 Å². The van der Waals surface area contributed by atoms with E-state index in [1.807, 2.05) is 13.8 Å². The van der Waals surface area contributed by atoms with Crippen LogP contribution in [0.25, 0.3) is 0 Å². The molecule has 2 N–H and O–H groups in total. The Bertz CT molecular complexity index is 425. The van der Waals surface area contributed by atoms with E-state index in [-0.39, 0.29) is 17.5 Å². The van der Waals surface area contributed by atoms with Crippen LogP contribution in [0.2, 0.25) is 0 Å². The van der Waals surface area contributed by atoms with Gasteiger partial charge >= 0.3 is 5.97 Å². The molecule has 7 nitrogen and oxygen atoms in total. The Balaban J connectivity index is 2.85. The minimum atomic E-state index is -1.08. The van der Waals surface area contributed by atoms with Crippen LogP contribution in [-0.4, -0.2) is 38.5 Å². The van der Waals surface area contributed by atoms with Crippen molar-refractivity contribution < 1.29 is 14.7 Å². The number of aromatic carboxylic acids is 1. The van der Waals surface area contributed by atoms with Gasteiger partial charge in [-0.1, -0.05) is 19.1 Å². The van der Waals surface area contributed by atoms with Crippen LogP contribution >= 0.6 is 0 Å². The van der Waals surface area contributed by atoms with E-state index in [4.69, 9.17) is 5.11 Å². The lowest BCUT2D eigenvalue weighted by atomic mass is 10.1. The molecule has 1 aromatic heterocycles. The smallest absolute Gasteiger partial charge is 0.358 e. The average molecular weight is 240 g/mol. The van der Waals surface area contributed by atoms with Gasteiger partial charge in [-0.3, -0.25) is 4.79 Å². The Hall–Kier alpha value is -1.92. The highest BCUT2D eigenvalue weighted by Gasteiger charge is 2.21. The van der Waals surface area contributed by atoms with Gasteiger partial charge in [-0.2, -0.15) is 0 Å². The molecule has 1 amide bonds. The Morgan fingerprint density at radius 2 is 2.12 bits per heavy atom. The topological polar surface area (TPSA) is 97.1 Å². The first-order chi connectivity index (χ1) is 7.93. The number of carbonyl (C=O) groups excluding carboxylic acids is 1. The fourth-order valence-corrected chi connectivity index (χ4v) is 1.55. The van der Waals surface area contributed by atoms with Crippen molar-refractivity contribution in [1.29, 1.82) is 0 Å². The third-order valence-electron chi connectivity index (χ3n) is 2.22. The van der Waals surface area contributed by atoms with Crippen molar-refractivity contribution in [1.82, 2.24) is 20.3 Å². The number of carboxylic acid groups (broad SMARTS) is 1. The van der Waals surface area contributed by atoms with Gasteiger partial charge in [-0.25, -0.2) is 9.48 Å². The third kappa shape index (κ3) is 3.27. The van der Waals surface area contributed by atoms with Gasteiger partial charge in [-0.15, -0.1) is 5.10 Å². The van der Waals surface area contributed by atoms with Gasteiger partial charge in [0, 0.05) is 13.5 Å². The normalized spacial score (nSPS) is 10.6. The number of amides is 1. The van der Waals surface area contributed by atoms with Crippen molar-refractivity contribution in [2.45, 2.75) is 33.2 Å². The summed E-state index contributed by atoms with van der Waals surface area (Å²) in [4.78, 5) is 21.7. The van der Waals surface area contributed by atoms with Crippen LogP contribution in [0.4, 0.5) is 0 Å². The molecule has 0 unspecified atom stereocenters. The second kappa shape index (κ2) is 5.42. The first kappa shape index (κ1) is 13.1. The Kier molecular flexibility index (Phi) is 4.19. The Morgan fingerprint density at radius 3 is 2.59 bits per heavy atom. The zero-order valence-corrected chi connectivity index (χ0v) is 10.1. The standard InChI is InChI=1S/C10H16N4O3/c1-6(2)9-8(10(16)17)12-13-14(9)5-4-11-7(3)15/h6H,4-5H2,1-3H3,(H,11,15)(H,16,17). The summed E-state index contributed by atoms with van der Waals surface area (Å²) in [6, 6.07) is 0. The summed E-state index contributed by atoms with van der Waals surface area (Å²) >= 11 is 0. The lowest BCUT2D eigenvalue weighted by Crippen LogP contribution is -2.25. The van der Waals surface area contributed by atoms with Crippen molar-refractivity contribution in [3.8, 4) is 0 Å². The minimum Gasteiger partial charge on any atom is -0.476 e. The zero-order valence-electron chi connectivity index (χ0n) is 10.1. The van der Waals surface area contributed by atoms with Crippen LogP contribution in [-0.2, 0) is 11.3 Å². The summed E-state index contributed by atoms with van der Waals surface area (Å²) in [5.74, 6) is -1.21. The second-order valence-electron chi connectivity index (χ2n) is 3.99. The van der Waals surface area contributed by atoms with Crippen molar-refractivity contribution >= 4 is 11.9 Å². The summed E-state index contributed by atoms with van der Waals surface area (Å²) in [5, 5.41) is 19.0. The molecular weight excluding hydrogens is 224 g/mol. The monoisotopic (exact) mass is 240 g/mol. The molecule has 0 spiro atoms. The van der Waals surface area contributed by atoms with Crippen LogP contribution in [0, 0.1) is 0 Å². The molecule has 0 aliphatic heterocycles. The predicted molar refractivity (Wildman–Crippen MR) is 59.8 cm³/mol. The molecule has 0 radical (unpaired) electrons. The molecule has 1 rings (SSSR count). The molecule has 0 aromatic carbocycles. The highest BCUT2D eigenvalue weighted by molar-refractivity contribution is 5.86. The van der Waals surface area contributed by atoms with Crippen LogP contribution in [0.5, 0.6) is 0 Å². The number of hydrogen-bond acceptors (Lipinski definition) is 4. The molecule has 0 aliphatic rings. The number of hydrogen-bond donors (Lipinski definition) is 2. The van der Waals surface area contributed by atoms with Gasteiger partial charge in [0.2, 0.25) is 5.91 Å². The lowest BCUT2D eigenvalue weighted by molar-refractivity contribution is -0.119. The number of rotatable bonds is 5. The van der Waals surface area contributed by atoms with E-state index >= 15 is 0 Å². The number of nitrogens with zero attached hydrogens (tertiary/aromatic N) is 3. The molecule has 1 aromatic rings. The molecule has 0 bridgehead atoms. The van der Waals surface area contributed by atoms with Gasteiger partial charge < -0.3 is 10.4 Å². The van der Waals surface area contributed by atoms with Gasteiger partial charge in [0.05, 0.1) is 12.2 Å². The van der Waals surface area contributed by atoms with E-state index < -0.39 is 5.97 Å². The van der Waals surface area contributed by atoms with E-state index in [1.165, 1.54) is 11.6 Å². The molecular formula is C10H16N4O3. The lowest BCUT2D eigenvalue weighted by Gasteiger charge is -2.09. The number of aromatic nitrogens is 3. The van der Waals surface area contributed by atoms with Gasteiger partial charge in [0.15, 0.2) is 5.69 Å². The zero-order chi connectivity index (χ0) is 13.0. The molecule has 17 heavy (non-hydrogen) atoms. The van der Waals surface area contributed by atoms with E-state index in [9.17, 15) is 9.59 Å². The largest absolute Gasteiger partial charge is 0.476 e. The first-order valence-corrected chi connectivity index (χ1v) is 5.34. The van der Waals surface area contributed by atoms with E-state index in [2.05, 4.69) is 15.6 Å². The highest BCUT2D eigenvalue weighted by Crippen LogP contribution is 2.17. The van der Waals surface area contributed by atoms with Crippen LogP contribution < -0.4 is 5.32 Å². The third-order valence-corrected chi connectivity index (χ3v) is 2.22. The predicted octanol–water partition coefficient (Wildman–Crippen LogP) is 0.236. The molecule has 94 valence electrons. The summed E-state index contributed by atoms with van der Waals surface area (Å²) < 4.78 is 1.52. The van der Waals surface area contributed by atoms with E-state index in [1.54, 1.807) is 0 Å². The van der Waals surface area contributed by atoms with Crippen molar-refractivity contribution in [3.05, 3.63) is 11.4 Å². The SMILES string of the molecule is CC(=O)NCCn1nnc(C(=O)O)c1C(C)C. The maximum Gasteiger partial charge on any atom is 0.358 e. The fourth-order valence-electron chi connectivity index (χ4n) is 1.55. The molecule has 0 atom stereocenters. The van der Waals surface area contributed by atoms with Gasteiger partial charge in [-0.05, 0) is 5.92 Å². The number of carbonyl (C=O) groups is 2. The second-order valence-corrected chi connectivity index (χ2v) is 3.99. The van der Waals surface area contributed by atoms with Crippen molar-refractivity contribution in [3.63, 3.8) is 0 Å². The maximum absolute atomic E-state index is 10.9. The molecule has 0 fully saturated rings. The summed E-state index contributed by atoms with van der Waals surface area (Å²) in [6.07, 6.45) is 0. The number of carboxylic acids is 1. The Labute approximate surface area is 98.8 Å². The molecule has 7 heteroatoms. The summed E-state index contributed by atoms with van der Waals surface area (Å²) in [6.45, 7) is 5.98. The summed E-state index contributed by atoms with van der Waals surface area (Å²) in [7, 11) is 0. The van der Waals surface area contributed by atoms with Crippen LogP contribution in [0.1, 0.15) is 42.9 Å². The number of nitrogens with one attached hydrogen (secondary N) is 1. The van der Waals surface area contributed by atoms with Crippen LogP contribution in [0.3, 0.4) is 0 Å². The maximum atomic E-state index is 10.9. The minimum absolute atomic E-state index is 0.00780.